The number of fused-ring (bicyclic) bond motifs is 3. The zero-order valence-electron chi connectivity index (χ0n) is 16.9. The van der Waals surface area contributed by atoms with E-state index in [2.05, 4.69) is 15.3 Å². The van der Waals surface area contributed by atoms with Crippen molar-refractivity contribution in [3.63, 3.8) is 0 Å². The molecule has 5 rings (SSSR count). The molecular formula is C22H19N7O3. The quantitative estimate of drug-likeness (QED) is 0.455. The number of pyridine rings is 1. The molecule has 0 radical (unpaired) electrons. The van der Waals surface area contributed by atoms with Crippen molar-refractivity contribution < 1.29 is 9.90 Å². The van der Waals surface area contributed by atoms with Gasteiger partial charge in [-0.25, -0.2) is 14.3 Å². The first-order valence-corrected chi connectivity index (χ1v) is 10.2. The Hall–Kier alpha value is -4.39. The van der Waals surface area contributed by atoms with Crippen molar-refractivity contribution in [1.82, 2.24) is 24.5 Å². The third-order valence-electron chi connectivity index (χ3n) is 5.80. The van der Waals surface area contributed by atoms with Crippen molar-refractivity contribution in [1.29, 1.82) is 5.26 Å². The molecule has 0 aliphatic carbocycles. The first-order chi connectivity index (χ1) is 15.5. The highest BCUT2D eigenvalue weighted by Crippen LogP contribution is 2.32. The highest BCUT2D eigenvalue weighted by atomic mass is 16.4. The fraction of sp³-hybridized carbons (Fsp3) is 0.227. The van der Waals surface area contributed by atoms with Crippen molar-refractivity contribution >= 4 is 34.1 Å². The number of carbonyl (C=O) groups is 1. The van der Waals surface area contributed by atoms with Gasteiger partial charge in [-0.3, -0.25) is 4.79 Å². The van der Waals surface area contributed by atoms with E-state index >= 15 is 0 Å². The van der Waals surface area contributed by atoms with E-state index in [-0.39, 0.29) is 11.5 Å². The highest BCUT2D eigenvalue weighted by Gasteiger charge is 2.26. The molecule has 1 aromatic carbocycles. The van der Waals surface area contributed by atoms with Gasteiger partial charge in [-0.1, -0.05) is 6.07 Å². The summed E-state index contributed by atoms with van der Waals surface area (Å²) in [7, 11) is 0. The van der Waals surface area contributed by atoms with Gasteiger partial charge in [0.1, 0.15) is 17.5 Å². The summed E-state index contributed by atoms with van der Waals surface area (Å²) in [6.45, 7) is 0.846. The Morgan fingerprint density at radius 2 is 2.06 bits per heavy atom. The van der Waals surface area contributed by atoms with Crippen LogP contribution < -0.4 is 10.9 Å². The number of aromatic nitrogens is 4. The first-order valence-electron chi connectivity index (χ1n) is 10.2. The van der Waals surface area contributed by atoms with Crippen molar-refractivity contribution in [3.8, 4) is 6.07 Å². The molecule has 1 aliphatic rings. The number of benzene rings is 1. The molecule has 1 amide bonds. The molecular weight excluding hydrogens is 410 g/mol. The van der Waals surface area contributed by atoms with Gasteiger partial charge in [-0.2, -0.15) is 10.4 Å². The molecule has 160 valence electrons. The summed E-state index contributed by atoms with van der Waals surface area (Å²) in [6.07, 6.45) is 1.82. The number of piperidine rings is 1. The SMILES string of the molecule is N#Cc1ccc(Nc2cccc3nn4c(C5CCN(C(=O)O)CC5)cc(=O)[nH]c4c23)nc1. The van der Waals surface area contributed by atoms with Gasteiger partial charge in [0.05, 0.1) is 27.8 Å². The van der Waals surface area contributed by atoms with E-state index in [1.807, 2.05) is 24.3 Å². The molecule has 32 heavy (non-hydrogen) atoms. The van der Waals surface area contributed by atoms with Crippen molar-refractivity contribution in [3.05, 3.63) is 64.2 Å². The second-order valence-electron chi connectivity index (χ2n) is 7.73. The van der Waals surface area contributed by atoms with Crippen LogP contribution in [0.5, 0.6) is 0 Å². The lowest BCUT2D eigenvalue weighted by Crippen LogP contribution is -2.37. The number of amides is 1. The van der Waals surface area contributed by atoms with Crippen LogP contribution in [0.15, 0.2) is 47.4 Å². The number of hydrogen-bond acceptors (Lipinski definition) is 6. The van der Waals surface area contributed by atoms with Crippen LogP contribution in [0.1, 0.15) is 30.0 Å². The Morgan fingerprint density at radius 3 is 2.75 bits per heavy atom. The standard InChI is InChI=1S/C22H19N7O3/c23-11-13-4-5-18(24-12-13)25-15-2-1-3-16-20(15)21-26-19(30)10-17(29(21)27-16)14-6-8-28(9-7-14)22(31)32/h1-5,10,12,14H,6-9H2,(H,24,25)(H,26,30)(H,31,32). The van der Waals surface area contributed by atoms with E-state index in [1.54, 1.807) is 22.7 Å². The molecule has 0 spiro atoms. The molecule has 10 nitrogen and oxygen atoms in total. The van der Waals surface area contributed by atoms with Gasteiger partial charge in [-0.05, 0) is 37.1 Å². The number of carboxylic acid groups (broad SMARTS) is 1. The monoisotopic (exact) mass is 429 g/mol. The molecule has 0 atom stereocenters. The summed E-state index contributed by atoms with van der Waals surface area (Å²) >= 11 is 0. The minimum Gasteiger partial charge on any atom is -0.465 e. The third-order valence-corrected chi connectivity index (χ3v) is 5.80. The van der Waals surface area contributed by atoms with Gasteiger partial charge in [-0.15, -0.1) is 0 Å². The Balaban J connectivity index is 1.58. The number of likely N-dealkylation sites (tertiary alicyclic amines) is 1. The number of hydrogen-bond donors (Lipinski definition) is 3. The lowest BCUT2D eigenvalue weighted by molar-refractivity contribution is 0.131. The maximum Gasteiger partial charge on any atom is 0.407 e. The van der Waals surface area contributed by atoms with E-state index < -0.39 is 6.09 Å². The number of nitriles is 1. The van der Waals surface area contributed by atoms with Crippen LogP contribution in [-0.4, -0.2) is 48.8 Å². The largest absolute Gasteiger partial charge is 0.465 e. The zero-order valence-corrected chi connectivity index (χ0v) is 16.9. The average Bonchev–Trinajstić information content (AvgIpc) is 3.18. The maximum absolute atomic E-state index is 12.5. The number of anilines is 2. The van der Waals surface area contributed by atoms with Crippen molar-refractivity contribution in [2.75, 3.05) is 18.4 Å². The summed E-state index contributed by atoms with van der Waals surface area (Å²) in [5.74, 6) is 0.594. The lowest BCUT2D eigenvalue weighted by atomic mass is 9.93. The van der Waals surface area contributed by atoms with Gasteiger partial charge in [0.2, 0.25) is 0 Å². The van der Waals surface area contributed by atoms with Crippen LogP contribution in [0.2, 0.25) is 0 Å². The summed E-state index contributed by atoms with van der Waals surface area (Å²) in [6, 6.07) is 12.6. The topological polar surface area (TPSA) is 139 Å². The Kier molecular flexibility index (Phi) is 4.71. The van der Waals surface area contributed by atoms with Gasteiger partial charge in [0.25, 0.3) is 5.56 Å². The molecule has 10 heteroatoms. The highest BCUT2D eigenvalue weighted by molar-refractivity contribution is 6.03. The van der Waals surface area contributed by atoms with Gasteiger partial charge in [0, 0.05) is 31.3 Å². The second-order valence-corrected chi connectivity index (χ2v) is 7.73. The summed E-state index contributed by atoms with van der Waals surface area (Å²) in [5, 5.41) is 26.9. The van der Waals surface area contributed by atoms with Crippen molar-refractivity contribution in [2.24, 2.45) is 0 Å². The fourth-order valence-electron chi connectivity index (χ4n) is 4.22. The maximum atomic E-state index is 12.5. The predicted molar refractivity (Wildman–Crippen MR) is 117 cm³/mol. The molecule has 0 unspecified atom stereocenters. The van der Waals surface area contributed by atoms with Crippen LogP contribution in [-0.2, 0) is 0 Å². The average molecular weight is 429 g/mol. The molecule has 3 aromatic heterocycles. The minimum absolute atomic E-state index is 0.0290. The van der Waals surface area contributed by atoms with E-state index in [9.17, 15) is 14.7 Å². The van der Waals surface area contributed by atoms with Crippen LogP contribution in [0, 0.1) is 11.3 Å². The van der Waals surface area contributed by atoms with E-state index in [0.29, 0.717) is 48.5 Å². The van der Waals surface area contributed by atoms with Crippen LogP contribution in [0.4, 0.5) is 16.3 Å². The molecule has 1 aliphatic heterocycles. The number of nitrogens with one attached hydrogen (secondary N) is 2. The number of H-pyrrole nitrogens is 1. The number of nitrogens with zero attached hydrogens (tertiary/aromatic N) is 5. The normalized spacial score (nSPS) is 14.5. The third kappa shape index (κ3) is 3.39. The lowest BCUT2D eigenvalue weighted by Gasteiger charge is -2.30. The second kappa shape index (κ2) is 7.70. The van der Waals surface area contributed by atoms with Crippen LogP contribution in [0.25, 0.3) is 16.6 Å². The smallest absolute Gasteiger partial charge is 0.407 e. The van der Waals surface area contributed by atoms with E-state index in [4.69, 9.17) is 10.4 Å². The molecule has 4 heterocycles. The summed E-state index contributed by atoms with van der Waals surface area (Å²) in [5.41, 5.74) is 3.00. The van der Waals surface area contributed by atoms with E-state index in [1.165, 1.54) is 11.1 Å². The molecule has 3 N–H and O–H groups in total. The molecule has 1 saturated heterocycles. The Bertz CT molecular complexity index is 1420. The summed E-state index contributed by atoms with van der Waals surface area (Å²) < 4.78 is 1.75. The van der Waals surface area contributed by atoms with Gasteiger partial charge >= 0.3 is 6.09 Å². The Labute approximate surface area is 181 Å². The summed E-state index contributed by atoms with van der Waals surface area (Å²) in [4.78, 5) is 32.3. The molecule has 0 saturated carbocycles. The van der Waals surface area contributed by atoms with Gasteiger partial charge in [0.15, 0.2) is 0 Å². The first kappa shape index (κ1) is 19.6. The van der Waals surface area contributed by atoms with Crippen LogP contribution >= 0.6 is 0 Å². The van der Waals surface area contributed by atoms with Crippen LogP contribution in [0.3, 0.4) is 0 Å². The molecule has 0 bridgehead atoms. The number of rotatable bonds is 3. The minimum atomic E-state index is -0.920. The number of aromatic amines is 1. The Morgan fingerprint density at radius 1 is 1.25 bits per heavy atom. The fourth-order valence-corrected chi connectivity index (χ4v) is 4.22. The van der Waals surface area contributed by atoms with Crippen molar-refractivity contribution in [2.45, 2.75) is 18.8 Å². The predicted octanol–water partition coefficient (Wildman–Crippen LogP) is 3.04. The zero-order chi connectivity index (χ0) is 22.2. The molecule has 1 fully saturated rings. The van der Waals surface area contributed by atoms with Gasteiger partial charge < -0.3 is 20.3 Å². The molecule has 4 aromatic rings. The van der Waals surface area contributed by atoms with E-state index in [0.717, 1.165) is 16.8 Å².